The summed E-state index contributed by atoms with van der Waals surface area (Å²) in [5.41, 5.74) is 3.87. The van der Waals surface area contributed by atoms with E-state index in [-0.39, 0.29) is 16.6 Å². The Bertz CT molecular complexity index is 954. The second kappa shape index (κ2) is 7.07. The Morgan fingerprint density at radius 2 is 1.77 bits per heavy atom. The van der Waals surface area contributed by atoms with Crippen LogP contribution in [0.15, 0.2) is 41.3 Å². The summed E-state index contributed by atoms with van der Waals surface area (Å²) in [4.78, 5) is 10.8. The predicted molar refractivity (Wildman–Crippen MR) is 101 cm³/mol. The molecular weight excluding hydrogens is 352 g/mol. The number of nitro benzene ring substituents is 1. The van der Waals surface area contributed by atoms with Gasteiger partial charge in [0.05, 0.1) is 9.82 Å². The van der Waals surface area contributed by atoms with Crippen LogP contribution >= 0.6 is 0 Å². The summed E-state index contributed by atoms with van der Waals surface area (Å²) in [5, 5.41) is 14.5. The normalized spacial score (nSPS) is 15.2. The Kier molecular flexibility index (Phi) is 5.00. The van der Waals surface area contributed by atoms with Crippen LogP contribution in [0.5, 0.6) is 0 Å². The van der Waals surface area contributed by atoms with Crippen LogP contribution in [0.3, 0.4) is 0 Å². The maximum absolute atomic E-state index is 11.7. The molecule has 1 aliphatic rings. The zero-order valence-corrected chi connectivity index (χ0v) is 15.7. The Labute approximate surface area is 153 Å². The van der Waals surface area contributed by atoms with E-state index in [9.17, 15) is 18.5 Å². The number of nitro groups is 1. The summed E-state index contributed by atoms with van der Waals surface area (Å²) in [7, 11) is -3.50. The van der Waals surface area contributed by atoms with Crippen LogP contribution in [-0.2, 0) is 22.7 Å². The molecule has 0 amide bonds. The summed E-state index contributed by atoms with van der Waals surface area (Å²) in [6, 6.07) is 10.2. The van der Waals surface area contributed by atoms with Gasteiger partial charge >= 0.3 is 0 Å². The zero-order valence-electron chi connectivity index (χ0n) is 14.9. The van der Waals surface area contributed by atoms with Gasteiger partial charge in [0.1, 0.15) is 5.69 Å². The van der Waals surface area contributed by atoms with E-state index >= 15 is 0 Å². The van der Waals surface area contributed by atoms with Crippen LogP contribution in [0.4, 0.5) is 11.4 Å². The summed E-state index contributed by atoms with van der Waals surface area (Å²) < 4.78 is 23.3. The molecule has 1 aliphatic carbocycles. The van der Waals surface area contributed by atoms with Gasteiger partial charge in [-0.05, 0) is 61.4 Å². The third-order valence-corrected chi connectivity index (χ3v) is 5.95. The van der Waals surface area contributed by atoms with Crippen molar-refractivity contribution in [3.8, 4) is 0 Å². The molecule has 2 aromatic carbocycles. The zero-order chi connectivity index (χ0) is 18.9. The highest BCUT2D eigenvalue weighted by Crippen LogP contribution is 2.32. The van der Waals surface area contributed by atoms with Gasteiger partial charge in [-0.25, -0.2) is 8.42 Å². The standard InChI is InChI=1S/C19H22N2O4S/c1-13(15-8-7-14-5-3-4-6-16(14)11-15)20-18-10-9-17(26(2,24)25)12-19(18)21(22)23/h7-13,20H,3-6H2,1-2H3/t13-/m0/s1. The van der Waals surface area contributed by atoms with Gasteiger partial charge in [-0.15, -0.1) is 0 Å². The van der Waals surface area contributed by atoms with E-state index < -0.39 is 14.8 Å². The molecule has 0 saturated heterocycles. The lowest BCUT2D eigenvalue weighted by atomic mass is 9.89. The van der Waals surface area contributed by atoms with Crippen molar-refractivity contribution in [3.63, 3.8) is 0 Å². The summed E-state index contributed by atoms with van der Waals surface area (Å²) in [6.45, 7) is 1.94. The average molecular weight is 374 g/mol. The SMILES string of the molecule is C[C@H](Nc1ccc(S(C)(=O)=O)cc1[N+](=O)[O-])c1ccc2c(c1)CCCC2. The highest BCUT2D eigenvalue weighted by atomic mass is 32.2. The molecule has 2 aromatic rings. The Hall–Kier alpha value is -2.41. The minimum atomic E-state index is -3.50. The van der Waals surface area contributed by atoms with Crippen molar-refractivity contribution >= 4 is 21.2 Å². The first-order valence-corrected chi connectivity index (χ1v) is 10.5. The molecule has 0 unspecified atom stereocenters. The van der Waals surface area contributed by atoms with Crippen molar-refractivity contribution in [2.24, 2.45) is 0 Å². The van der Waals surface area contributed by atoms with Gasteiger partial charge in [0, 0.05) is 18.4 Å². The van der Waals surface area contributed by atoms with Crippen LogP contribution < -0.4 is 5.32 Å². The lowest BCUT2D eigenvalue weighted by Gasteiger charge is -2.20. The molecular formula is C19H22N2O4S. The largest absolute Gasteiger partial charge is 0.373 e. The molecule has 3 rings (SSSR count). The number of hydrogen-bond donors (Lipinski definition) is 1. The lowest BCUT2D eigenvalue weighted by molar-refractivity contribution is -0.384. The number of aryl methyl sites for hydroxylation is 2. The minimum absolute atomic E-state index is 0.0591. The van der Waals surface area contributed by atoms with E-state index in [0.29, 0.717) is 5.69 Å². The molecule has 1 atom stereocenters. The second-order valence-corrected chi connectivity index (χ2v) is 8.83. The fraction of sp³-hybridized carbons (Fsp3) is 0.368. The number of nitrogens with one attached hydrogen (secondary N) is 1. The number of benzene rings is 2. The monoisotopic (exact) mass is 374 g/mol. The molecule has 26 heavy (non-hydrogen) atoms. The molecule has 0 aromatic heterocycles. The molecule has 0 saturated carbocycles. The molecule has 0 radical (unpaired) electrons. The summed E-state index contributed by atoms with van der Waals surface area (Å²) >= 11 is 0. The first-order chi connectivity index (χ1) is 12.3. The molecule has 0 fully saturated rings. The van der Waals surface area contributed by atoms with Crippen LogP contribution in [0.1, 0.15) is 42.5 Å². The quantitative estimate of drug-likeness (QED) is 0.630. The van der Waals surface area contributed by atoms with E-state index in [2.05, 4.69) is 23.5 Å². The third kappa shape index (κ3) is 3.88. The first-order valence-electron chi connectivity index (χ1n) is 8.62. The van der Waals surface area contributed by atoms with E-state index in [1.165, 1.54) is 36.1 Å². The van der Waals surface area contributed by atoms with Crippen molar-refractivity contribution in [1.82, 2.24) is 0 Å². The van der Waals surface area contributed by atoms with Crippen LogP contribution in [0, 0.1) is 10.1 Å². The fourth-order valence-corrected chi connectivity index (χ4v) is 4.00. The third-order valence-electron chi connectivity index (χ3n) is 4.84. The van der Waals surface area contributed by atoms with Crippen molar-refractivity contribution in [2.75, 3.05) is 11.6 Å². The highest BCUT2D eigenvalue weighted by Gasteiger charge is 2.20. The predicted octanol–water partition coefficient (Wildman–Crippen LogP) is 4.05. The number of hydrogen-bond acceptors (Lipinski definition) is 5. The number of rotatable bonds is 5. The molecule has 6 nitrogen and oxygen atoms in total. The van der Waals surface area contributed by atoms with Gasteiger partial charge < -0.3 is 5.32 Å². The van der Waals surface area contributed by atoms with E-state index in [4.69, 9.17) is 0 Å². The van der Waals surface area contributed by atoms with E-state index in [1.807, 2.05) is 6.92 Å². The highest BCUT2D eigenvalue weighted by molar-refractivity contribution is 7.90. The van der Waals surface area contributed by atoms with Crippen molar-refractivity contribution in [3.05, 3.63) is 63.2 Å². The summed E-state index contributed by atoms with van der Waals surface area (Å²) in [5.74, 6) is 0. The minimum Gasteiger partial charge on any atom is -0.373 e. The Morgan fingerprint density at radius 3 is 2.42 bits per heavy atom. The van der Waals surface area contributed by atoms with Crippen molar-refractivity contribution in [2.45, 2.75) is 43.5 Å². The lowest BCUT2D eigenvalue weighted by Crippen LogP contribution is -2.11. The van der Waals surface area contributed by atoms with Gasteiger partial charge in [-0.1, -0.05) is 18.2 Å². The topological polar surface area (TPSA) is 89.3 Å². The molecule has 0 spiro atoms. The first kappa shape index (κ1) is 18.4. The van der Waals surface area contributed by atoms with E-state index in [0.717, 1.165) is 30.7 Å². The van der Waals surface area contributed by atoms with Gasteiger partial charge in [0.15, 0.2) is 9.84 Å². The average Bonchev–Trinajstić information content (AvgIpc) is 2.60. The maximum atomic E-state index is 11.7. The Balaban J connectivity index is 1.89. The van der Waals surface area contributed by atoms with Crippen molar-refractivity contribution in [1.29, 1.82) is 0 Å². The molecule has 7 heteroatoms. The number of sulfone groups is 1. The van der Waals surface area contributed by atoms with Crippen LogP contribution in [0.2, 0.25) is 0 Å². The van der Waals surface area contributed by atoms with Gasteiger partial charge in [-0.2, -0.15) is 0 Å². The molecule has 0 bridgehead atoms. The molecule has 138 valence electrons. The molecule has 0 heterocycles. The van der Waals surface area contributed by atoms with Gasteiger partial charge in [-0.3, -0.25) is 10.1 Å². The van der Waals surface area contributed by atoms with Crippen LogP contribution in [0.25, 0.3) is 0 Å². The van der Waals surface area contributed by atoms with Crippen molar-refractivity contribution < 1.29 is 13.3 Å². The fourth-order valence-electron chi connectivity index (χ4n) is 3.35. The number of fused-ring (bicyclic) bond motifs is 1. The van der Waals surface area contributed by atoms with Gasteiger partial charge in [0.25, 0.3) is 5.69 Å². The van der Waals surface area contributed by atoms with Gasteiger partial charge in [0.2, 0.25) is 0 Å². The van der Waals surface area contributed by atoms with E-state index in [1.54, 1.807) is 0 Å². The van der Waals surface area contributed by atoms with Crippen LogP contribution in [-0.4, -0.2) is 19.6 Å². The smallest absolute Gasteiger partial charge is 0.293 e. The number of nitrogens with zero attached hydrogens (tertiary/aromatic N) is 1. The maximum Gasteiger partial charge on any atom is 0.293 e. The Morgan fingerprint density at radius 1 is 1.08 bits per heavy atom. The number of anilines is 1. The molecule has 0 aliphatic heterocycles. The second-order valence-electron chi connectivity index (χ2n) is 6.81. The molecule has 1 N–H and O–H groups in total. The summed E-state index contributed by atoms with van der Waals surface area (Å²) in [6.07, 6.45) is 5.62.